The fraction of sp³-hybridized carbons (Fsp3) is 0.265. The highest BCUT2D eigenvalue weighted by atomic mass is 32.2. The van der Waals surface area contributed by atoms with Crippen LogP contribution in [0.5, 0.6) is 5.75 Å². The molecule has 0 aliphatic carbocycles. The quantitative estimate of drug-likeness (QED) is 0.144. The maximum Gasteiger partial charge on any atom is 0.247 e. The topological polar surface area (TPSA) is 90.2 Å². The predicted molar refractivity (Wildman–Crippen MR) is 168 cm³/mol. The second kappa shape index (κ2) is 13.9. The molecule has 0 unspecified atom stereocenters. The van der Waals surface area contributed by atoms with E-state index in [0.29, 0.717) is 35.5 Å². The summed E-state index contributed by atoms with van der Waals surface area (Å²) in [4.78, 5) is 4.61. The van der Waals surface area contributed by atoms with Crippen molar-refractivity contribution in [2.45, 2.75) is 51.1 Å². The van der Waals surface area contributed by atoms with Crippen LogP contribution in [0.2, 0.25) is 0 Å². The van der Waals surface area contributed by atoms with Gasteiger partial charge < -0.3 is 9.30 Å². The zero-order valence-corrected chi connectivity index (χ0v) is 26.0. The highest BCUT2D eigenvalue weighted by Crippen LogP contribution is 2.33. The molecule has 0 bridgehead atoms. The van der Waals surface area contributed by atoms with Crippen molar-refractivity contribution in [2.75, 3.05) is 13.7 Å². The zero-order valence-electron chi connectivity index (χ0n) is 25.1. The Morgan fingerprint density at radius 3 is 2.43 bits per heavy atom. The minimum absolute atomic E-state index is 0.0164. The molecule has 5 rings (SSSR count). The molecule has 0 aliphatic heterocycles. The lowest BCUT2D eigenvalue weighted by atomic mass is 10.0. The standard InChI is InChI=1S/C34H36FN5O3S/c1-25-20-28(15-17-31(25)35)29-16-18-32(43-3)33(21-29)44(41,42)40(19-8-7-13-27-11-5-4-6-12-27)23-34-38-36-24-39(34)22-30-14-9-10-26(2)37-30/h4-6,9-12,14-18,20-21,24H,7-8,13,19,22-23H2,1-3H3. The SMILES string of the molecule is COc1ccc(-c2ccc(F)c(C)c2)cc1S(=O)(=O)N(CCCCc1ccccc1)Cc1nncn1Cc1cccc(C)n1. The molecule has 228 valence electrons. The summed E-state index contributed by atoms with van der Waals surface area (Å²) >= 11 is 0. The van der Waals surface area contributed by atoms with Crippen LogP contribution in [0.25, 0.3) is 11.1 Å². The number of rotatable bonds is 13. The summed E-state index contributed by atoms with van der Waals surface area (Å²) in [5, 5.41) is 8.39. The van der Waals surface area contributed by atoms with Crippen molar-refractivity contribution in [3.05, 3.63) is 125 Å². The maximum absolute atomic E-state index is 14.4. The number of sulfonamides is 1. The van der Waals surface area contributed by atoms with Gasteiger partial charge in [0.05, 0.1) is 25.9 Å². The Labute approximate surface area is 258 Å². The van der Waals surface area contributed by atoms with Crippen molar-refractivity contribution in [3.63, 3.8) is 0 Å². The highest BCUT2D eigenvalue weighted by Gasteiger charge is 2.30. The van der Waals surface area contributed by atoms with E-state index in [-0.39, 0.29) is 29.6 Å². The number of methoxy groups -OCH3 is 1. The lowest BCUT2D eigenvalue weighted by molar-refractivity contribution is 0.371. The number of aryl methyl sites for hydroxylation is 3. The maximum atomic E-state index is 14.4. The second-order valence-electron chi connectivity index (χ2n) is 10.8. The van der Waals surface area contributed by atoms with Gasteiger partial charge in [0.2, 0.25) is 10.0 Å². The van der Waals surface area contributed by atoms with Crippen molar-refractivity contribution in [1.82, 2.24) is 24.1 Å². The molecule has 3 aromatic carbocycles. The molecule has 10 heteroatoms. The summed E-state index contributed by atoms with van der Waals surface area (Å²) in [6.07, 6.45) is 3.88. The van der Waals surface area contributed by atoms with Gasteiger partial charge in [0.25, 0.3) is 0 Å². The van der Waals surface area contributed by atoms with E-state index >= 15 is 0 Å². The third-order valence-electron chi connectivity index (χ3n) is 7.53. The van der Waals surface area contributed by atoms with Crippen LogP contribution in [0, 0.1) is 19.7 Å². The fourth-order valence-electron chi connectivity index (χ4n) is 5.12. The van der Waals surface area contributed by atoms with Gasteiger partial charge in [-0.2, -0.15) is 4.31 Å². The summed E-state index contributed by atoms with van der Waals surface area (Å²) in [7, 11) is -2.62. The molecule has 44 heavy (non-hydrogen) atoms. The summed E-state index contributed by atoms with van der Waals surface area (Å²) in [5.74, 6) is 0.415. The molecule has 0 spiro atoms. The number of aromatic nitrogens is 4. The van der Waals surface area contributed by atoms with Crippen LogP contribution in [-0.2, 0) is 29.5 Å². The van der Waals surface area contributed by atoms with Crippen LogP contribution < -0.4 is 4.74 Å². The average molecular weight is 614 g/mol. The second-order valence-corrected chi connectivity index (χ2v) is 12.7. The Bertz CT molecular complexity index is 1830. The van der Waals surface area contributed by atoms with E-state index < -0.39 is 10.0 Å². The first-order valence-corrected chi connectivity index (χ1v) is 16.0. The van der Waals surface area contributed by atoms with E-state index in [0.717, 1.165) is 24.2 Å². The van der Waals surface area contributed by atoms with Gasteiger partial charge >= 0.3 is 0 Å². The number of hydrogen-bond acceptors (Lipinski definition) is 6. The van der Waals surface area contributed by atoms with Crippen LogP contribution in [0.1, 0.15) is 41.2 Å². The first-order valence-electron chi connectivity index (χ1n) is 14.5. The van der Waals surface area contributed by atoms with Gasteiger partial charge in [-0.1, -0.05) is 48.5 Å². The largest absolute Gasteiger partial charge is 0.495 e. The lowest BCUT2D eigenvalue weighted by Gasteiger charge is -2.24. The summed E-state index contributed by atoms with van der Waals surface area (Å²) in [5.41, 5.74) is 4.75. The van der Waals surface area contributed by atoms with Crippen LogP contribution >= 0.6 is 0 Å². The smallest absolute Gasteiger partial charge is 0.247 e. The summed E-state index contributed by atoms with van der Waals surface area (Å²) in [6, 6.07) is 25.7. The van der Waals surface area contributed by atoms with E-state index in [9.17, 15) is 12.8 Å². The molecule has 0 N–H and O–H groups in total. The molecule has 0 fully saturated rings. The molecule has 0 radical (unpaired) electrons. The summed E-state index contributed by atoms with van der Waals surface area (Å²) < 4.78 is 51.7. The van der Waals surface area contributed by atoms with E-state index in [1.807, 2.05) is 47.9 Å². The molecule has 0 amide bonds. The lowest BCUT2D eigenvalue weighted by Crippen LogP contribution is -2.33. The summed E-state index contributed by atoms with van der Waals surface area (Å²) in [6.45, 7) is 4.31. The molecule has 5 aromatic rings. The number of nitrogens with zero attached hydrogens (tertiary/aromatic N) is 5. The molecule has 2 heterocycles. The Kier molecular flexibility index (Phi) is 9.82. The molecule has 2 aromatic heterocycles. The van der Waals surface area contributed by atoms with Crippen LogP contribution in [0.4, 0.5) is 4.39 Å². The van der Waals surface area contributed by atoms with Gasteiger partial charge in [-0.15, -0.1) is 10.2 Å². The normalized spacial score (nSPS) is 11.7. The van der Waals surface area contributed by atoms with Gasteiger partial charge in [-0.05, 0) is 91.8 Å². The van der Waals surface area contributed by atoms with E-state index in [1.54, 1.807) is 43.6 Å². The van der Waals surface area contributed by atoms with Gasteiger partial charge in [-0.25, -0.2) is 12.8 Å². The highest BCUT2D eigenvalue weighted by molar-refractivity contribution is 7.89. The number of ether oxygens (including phenoxy) is 1. The third-order valence-corrected chi connectivity index (χ3v) is 9.40. The molecule has 0 saturated carbocycles. The molecule has 0 aliphatic rings. The van der Waals surface area contributed by atoms with Gasteiger partial charge in [-0.3, -0.25) is 4.98 Å². The Balaban J connectivity index is 1.46. The van der Waals surface area contributed by atoms with Crippen molar-refractivity contribution in [2.24, 2.45) is 0 Å². The minimum atomic E-state index is -4.07. The van der Waals surface area contributed by atoms with Crippen LogP contribution in [0.15, 0.2) is 96.2 Å². The number of benzene rings is 3. The monoisotopic (exact) mass is 613 g/mol. The van der Waals surface area contributed by atoms with Crippen molar-refractivity contribution >= 4 is 10.0 Å². The van der Waals surface area contributed by atoms with Gasteiger partial charge in [0.15, 0.2) is 0 Å². The third kappa shape index (κ3) is 7.38. The number of unbranched alkanes of at least 4 members (excludes halogenated alkanes) is 1. The molecular formula is C34H36FN5O3S. The molecular weight excluding hydrogens is 577 g/mol. The van der Waals surface area contributed by atoms with Crippen LogP contribution in [-0.4, -0.2) is 46.1 Å². The number of hydrogen-bond donors (Lipinski definition) is 0. The van der Waals surface area contributed by atoms with E-state index in [4.69, 9.17) is 4.74 Å². The van der Waals surface area contributed by atoms with Crippen LogP contribution in [0.3, 0.4) is 0 Å². The van der Waals surface area contributed by atoms with Gasteiger partial charge in [0.1, 0.15) is 28.6 Å². The molecule has 8 nitrogen and oxygen atoms in total. The van der Waals surface area contributed by atoms with E-state index in [2.05, 4.69) is 27.3 Å². The fourth-order valence-corrected chi connectivity index (χ4v) is 6.74. The first kappa shape index (κ1) is 31.0. The molecule has 0 atom stereocenters. The average Bonchev–Trinajstić information content (AvgIpc) is 3.46. The van der Waals surface area contributed by atoms with Crippen molar-refractivity contribution < 1.29 is 17.5 Å². The van der Waals surface area contributed by atoms with E-state index in [1.165, 1.54) is 23.0 Å². The minimum Gasteiger partial charge on any atom is -0.495 e. The Hall–Kier alpha value is -4.41. The first-order chi connectivity index (χ1) is 21.2. The predicted octanol–water partition coefficient (Wildman–Crippen LogP) is 6.37. The Morgan fingerprint density at radius 2 is 1.68 bits per heavy atom. The Morgan fingerprint density at radius 1 is 0.909 bits per heavy atom. The number of halogens is 1. The van der Waals surface area contributed by atoms with Crippen molar-refractivity contribution in [3.8, 4) is 16.9 Å². The van der Waals surface area contributed by atoms with Crippen molar-refractivity contribution in [1.29, 1.82) is 0 Å². The molecule has 0 saturated heterocycles. The van der Waals surface area contributed by atoms with Gasteiger partial charge in [0, 0.05) is 12.2 Å². The number of pyridine rings is 1. The zero-order chi connectivity index (χ0) is 31.1.